The number of amides is 2. The summed E-state index contributed by atoms with van der Waals surface area (Å²) in [5.41, 5.74) is 1.21. The minimum absolute atomic E-state index is 0.304. The van der Waals surface area contributed by atoms with Crippen molar-refractivity contribution in [1.29, 1.82) is 0 Å². The molecule has 28 heavy (non-hydrogen) atoms. The van der Waals surface area contributed by atoms with Crippen molar-refractivity contribution in [2.24, 2.45) is 0 Å². The van der Waals surface area contributed by atoms with Gasteiger partial charge in [0.2, 0.25) is 11.7 Å². The first kappa shape index (κ1) is 18.1. The molecule has 3 aromatic rings. The second kappa shape index (κ2) is 8.16. The molecule has 0 saturated carbocycles. The summed E-state index contributed by atoms with van der Waals surface area (Å²) in [5.74, 6) is 0.472. The van der Waals surface area contributed by atoms with Gasteiger partial charge in [-0.1, -0.05) is 24.1 Å². The first-order valence-corrected chi connectivity index (χ1v) is 9.28. The molecular formula is C20H20FN5O2. The quantitative estimate of drug-likeness (QED) is 0.726. The largest absolute Gasteiger partial charge is 0.337 e. The molecule has 1 aromatic carbocycles. The molecule has 1 aliphatic heterocycles. The van der Waals surface area contributed by atoms with Crippen LogP contribution in [0.3, 0.4) is 0 Å². The number of carbonyl (C=O) groups is 1. The molecule has 1 unspecified atom stereocenters. The Kier molecular flexibility index (Phi) is 5.27. The van der Waals surface area contributed by atoms with Crippen LogP contribution in [0.15, 0.2) is 53.3 Å². The zero-order valence-corrected chi connectivity index (χ0v) is 15.2. The Hall–Kier alpha value is -3.29. The molecule has 8 heteroatoms. The van der Waals surface area contributed by atoms with E-state index in [-0.39, 0.29) is 12.1 Å². The summed E-state index contributed by atoms with van der Waals surface area (Å²) in [7, 11) is 0. The zero-order valence-electron chi connectivity index (χ0n) is 15.2. The number of urea groups is 1. The van der Waals surface area contributed by atoms with Crippen molar-refractivity contribution in [3.8, 4) is 11.4 Å². The number of anilines is 1. The highest BCUT2D eigenvalue weighted by Gasteiger charge is 2.31. The van der Waals surface area contributed by atoms with Gasteiger partial charge in [-0.25, -0.2) is 9.18 Å². The van der Waals surface area contributed by atoms with Crippen LogP contribution in [-0.2, 0) is 0 Å². The molecule has 144 valence electrons. The number of rotatable bonds is 3. The fourth-order valence-corrected chi connectivity index (χ4v) is 3.36. The van der Waals surface area contributed by atoms with E-state index in [2.05, 4.69) is 20.4 Å². The van der Waals surface area contributed by atoms with Gasteiger partial charge in [-0.2, -0.15) is 4.98 Å². The molecule has 0 bridgehead atoms. The maximum atomic E-state index is 13.4. The highest BCUT2D eigenvalue weighted by Crippen LogP contribution is 2.31. The Morgan fingerprint density at radius 3 is 2.86 bits per heavy atom. The molecule has 1 N–H and O–H groups in total. The van der Waals surface area contributed by atoms with E-state index in [1.807, 2.05) is 0 Å². The van der Waals surface area contributed by atoms with Gasteiger partial charge >= 0.3 is 6.03 Å². The molecule has 2 aromatic heterocycles. The Morgan fingerprint density at radius 2 is 2.04 bits per heavy atom. The second-order valence-corrected chi connectivity index (χ2v) is 6.69. The first-order valence-electron chi connectivity index (χ1n) is 9.28. The molecule has 2 amide bonds. The van der Waals surface area contributed by atoms with Crippen molar-refractivity contribution >= 4 is 11.7 Å². The van der Waals surface area contributed by atoms with Crippen LogP contribution >= 0.6 is 0 Å². The lowest BCUT2D eigenvalue weighted by Crippen LogP contribution is -2.38. The van der Waals surface area contributed by atoms with E-state index in [4.69, 9.17) is 4.52 Å². The number of hydrogen-bond donors (Lipinski definition) is 1. The lowest BCUT2D eigenvalue weighted by Gasteiger charge is -2.27. The van der Waals surface area contributed by atoms with Crippen LogP contribution in [0.1, 0.15) is 37.6 Å². The third-order valence-corrected chi connectivity index (χ3v) is 4.75. The lowest BCUT2D eigenvalue weighted by molar-refractivity contribution is 0.171. The Morgan fingerprint density at radius 1 is 1.18 bits per heavy atom. The van der Waals surface area contributed by atoms with E-state index in [1.165, 1.54) is 12.1 Å². The van der Waals surface area contributed by atoms with Crippen molar-refractivity contribution in [3.63, 3.8) is 0 Å². The number of halogens is 1. The standard InChI is InChI=1S/C20H20FN5O2/c21-15-5-4-6-16(13-15)23-20(27)26-12-3-1-2-7-17(26)19-24-18(25-28-19)14-8-10-22-11-9-14/h4-6,8-11,13,17H,1-3,7,12H2,(H,23,27). The average Bonchev–Trinajstić information content (AvgIpc) is 3.06. The number of likely N-dealkylation sites (tertiary alicyclic amines) is 1. The third kappa shape index (κ3) is 4.00. The van der Waals surface area contributed by atoms with Crippen LogP contribution in [-0.4, -0.2) is 32.6 Å². The molecule has 1 fully saturated rings. The number of nitrogens with one attached hydrogen (secondary N) is 1. The van der Waals surface area contributed by atoms with Crippen molar-refractivity contribution in [2.75, 3.05) is 11.9 Å². The summed E-state index contributed by atoms with van der Waals surface area (Å²) >= 11 is 0. The number of pyridine rings is 1. The Bertz CT molecular complexity index is 947. The molecule has 0 spiro atoms. The van der Waals surface area contributed by atoms with Gasteiger partial charge in [-0.3, -0.25) is 4.98 Å². The maximum Gasteiger partial charge on any atom is 0.322 e. The molecular weight excluding hydrogens is 361 g/mol. The highest BCUT2D eigenvalue weighted by atomic mass is 19.1. The molecule has 1 aliphatic rings. The van der Waals surface area contributed by atoms with Gasteiger partial charge in [-0.15, -0.1) is 0 Å². The van der Waals surface area contributed by atoms with E-state index in [9.17, 15) is 9.18 Å². The molecule has 0 aliphatic carbocycles. The predicted molar refractivity (Wildman–Crippen MR) is 101 cm³/mol. The van der Waals surface area contributed by atoms with Gasteiger partial charge in [0.25, 0.3) is 0 Å². The van der Waals surface area contributed by atoms with Gasteiger partial charge in [0.05, 0.1) is 0 Å². The molecule has 1 atom stereocenters. The number of nitrogens with zero attached hydrogens (tertiary/aromatic N) is 4. The van der Waals surface area contributed by atoms with Gasteiger partial charge < -0.3 is 14.7 Å². The van der Waals surface area contributed by atoms with E-state index >= 15 is 0 Å². The predicted octanol–water partition coefficient (Wildman–Crippen LogP) is 4.42. The molecule has 0 radical (unpaired) electrons. The number of benzene rings is 1. The van der Waals surface area contributed by atoms with E-state index in [1.54, 1.807) is 41.6 Å². The molecule has 7 nitrogen and oxygen atoms in total. The van der Waals surface area contributed by atoms with E-state index < -0.39 is 5.82 Å². The summed E-state index contributed by atoms with van der Waals surface area (Å²) in [4.78, 5) is 23.1. The summed E-state index contributed by atoms with van der Waals surface area (Å²) in [5, 5.41) is 6.83. The highest BCUT2D eigenvalue weighted by molar-refractivity contribution is 5.89. The summed E-state index contributed by atoms with van der Waals surface area (Å²) < 4.78 is 18.9. The van der Waals surface area contributed by atoms with Crippen molar-refractivity contribution in [3.05, 3.63) is 60.5 Å². The normalized spacial score (nSPS) is 17.2. The zero-order chi connectivity index (χ0) is 19.3. The van der Waals surface area contributed by atoms with Gasteiger partial charge in [0.15, 0.2) is 0 Å². The van der Waals surface area contributed by atoms with Crippen LogP contribution in [0.5, 0.6) is 0 Å². The van der Waals surface area contributed by atoms with Gasteiger partial charge in [0, 0.05) is 30.2 Å². The minimum atomic E-state index is -0.399. The van der Waals surface area contributed by atoms with Crippen molar-refractivity contribution in [2.45, 2.75) is 31.7 Å². The summed E-state index contributed by atoms with van der Waals surface area (Å²) in [6.45, 7) is 0.568. The van der Waals surface area contributed by atoms with Crippen molar-refractivity contribution in [1.82, 2.24) is 20.0 Å². The molecule has 1 saturated heterocycles. The second-order valence-electron chi connectivity index (χ2n) is 6.69. The van der Waals surface area contributed by atoms with Crippen LogP contribution in [0.4, 0.5) is 14.9 Å². The minimum Gasteiger partial charge on any atom is -0.337 e. The number of carbonyl (C=O) groups excluding carboxylic acids is 1. The van der Waals surface area contributed by atoms with Gasteiger partial charge in [-0.05, 0) is 43.2 Å². The molecule has 4 rings (SSSR count). The smallest absolute Gasteiger partial charge is 0.322 e. The fraction of sp³-hybridized carbons (Fsp3) is 0.300. The SMILES string of the molecule is O=C(Nc1cccc(F)c1)N1CCCCCC1c1nc(-c2ccncc2)no1. The lowest BCUT2D eigenvalue weighted by atomic mass is 10.1. The maximum absolute atomic E-state index is 13.4. The van der Waals surface area contributed by atoms with E-state index in [0.29, 0.717) is 23.9 Å². The topological polar surface area (TPSA) is 84.2 Å². The van der Waals surface area contributed by atoms with Crippen LogP contribution in [0.2, 0.25) is 0 Å². The van der Waals surface area contributed by atoms with Crippen LogP contribution < -0.4 is 5.32 Å². The molecule has 3 heterocycles. The number of hydrogen-bond acceptors (Lipinski definition) is 5. The third-order valence-electron chi connectivity index (χ3n) is 4.75. The fourth-order valence-electron chi connectivity index (χ4n) is 3.36. The number of aromatic nitrogens is 3. The Balaban J connectivity index is 1.57. The van der Waals surface area contributed by atoms with Crippen LogP contribution in [0.25, 0.3) is 11.4 Å². The van der Waals surface area contributed by atoms with Crippen molar-refractivity contribution < 1.29 is 13.7 Å². The van der Waals surface area contributed by atoms with E-state index in [0.717, 1.165) is 31.2 Å². The van der Waals surface area contributed by atoms with Gasteiger partial charge in [0.1, 0.15) is 11.9 Å². The Labute approximate surface area is 161 Å². The summed E-state index contributed by atoms with van der Waals surface area (Å²) in [6, 6.07) is 8.82. The monoisotopic (exact) mass is 381 g/mol. The average molecular weight is 381 g/mol. The first-order chi connectivity index (χ1) is 13.7. The summed E-state index contributed by atoms with van der Waals surface area (Å²) in [6.07, 6.45) is 6.92. The van der Waals surface area contributed by atoms with Crippen LogP contribution in [0, 0.1) is 5.82 Å².